The Morgan fingerprint density at radius 3 is 2.71 bits per heavy atom. The smallest absolute Gasteiger partial charge is 0.254 e. The van der Waals surface area contributed by atoms with E-state index in [4.69, 9.17) is 5.11 Å². The number of carbonyl (C=O) groups excluding carboxylic acids is 1. The van der Waals surface area contributed by atoms with E-state index in [1.807, 2.05) is 6.07 Å². The van der Waals surface area contributed by atoms with Gasteiger partial charge in [0.15, 0.2) is 0 Å². The van der Waals surface area contributed by atoms with Gasteiger partial charge >= 0.3 is 0 Å². The number of amides is 1. The molecule has 2 rings (SSSR count). The SMILES string of the molecule is O=C(c1cccc(C#CCO)c1)N(CCO)C1CCCC1. The van der Waals surface area contributed by atoms with E-state index in [0.717, 1.165) is 25.7 Å². The Bertz CT molecular complexity index is 538. The summed E-state index contributed by atoms with van der Waals surface area (Å²) >= 11 is 0. The molecule has 0 unspecified atom stereocenters. The second kappa shape index (κ2) is 7.82. The highest BCUT2D eigenvalue weighted by molar-refractivity contribution is 5.94. The molecule has 0 spiro atoms. The number of hydrogen-bond acceptors (Lipinski definition) is 3. The monoisotopic (exact) mass is 287 g/mol. The van der Waals surface area contributed by atoms with E-state index in [2.05, 4.69) is 11.8 Å². The van der Waals surface area contributed by atoms with Crippen molar-refractivity contribution < 1.29 is 15.0 Å². The van der Waals surface area contributed by atoms with Crippen molar-refractivity contribution in [1.29, 1.82) is 0 Å². The minimum absolute atomic E-state index is 0.0216. The van der Waals surface area contributed by atoms with Crippen molar-refractivity contribution in [3.05, 3.63) is 35.4 Å². The first kappa shape index (κ1) is 15.6. The van der Waals surface area contributed by atoms with Gasteiger partial charge in [0.25, 0.3) is 5.91 Å². The van der Waals surface area contributed by atoms with Gasteiger partial charge in [-0.25, -0.2) is 0 Å². The van der Waals surface area contributed by atoms with Crippen molar-refractivity contribution in [3.8, 4) is 11.8 Å². The summed E-state index contributed by atoms with van der Waals surface area (Å²) < 4.78 is 0. The summed E-state index contributed by atoms with van der Waals surface area (Å²) in [7, 11) is 0. The van der Waals surface area contributed by atoms with Crippen LogP contribution in [0.4, 0.5) is 0 Å². The molecule has 0 aromatic heterocycles. The Morgan fingerprint density at radius 1 is 1.29 bits per heavy atom. The van der Waals surface area contributed by atoms with Crippen molar-refractivity contribution in [2.45, 2.75) is 31.7 Å². The number of hydrogen-bond donors (Lipinski definition) is 2. The minimum Gasteiger partial charge on any atom is -0.395 e. The van der Waals surface area contributed by atoms with Crippen LogP contribution in [0.2, 0.25) is 0 Å². The van der Waals surface area contributed by atoms with Crippen LogP contribution in [0.25, 0.3) is 0 Å². The average molecular weight is 287 g/mol. The molecular formula is C17H21NO3. The van der Waals surface area contributed by atoms with Gasteiger partial charge in [0.05, 0.1) is 6.61 Å². The fourth-order valence-electron chi connectivity index (χ4n) is 2.81. The maximum absolute atomic E-state index is 12.7. The van der Waals surface area contributed by atoms with Crippen molar-refractivity contribution >= 4 is 5.91 Å². The topological polar surface area (TPSA) is 60.8 Å². The van der Waals surface area contributed by atoms with E-state index in [1.165, 1.54) is 0 Å². The molecule has 0 heterocycles. The second-order valence-electron chi connectivity index (χ2n) is 5.20. The zero-order valence-corrected chi connectivity index (χ0v) is 12.1. The summed E-state index contributed by atoms with van der Waals surface area (Å²) in [6.07, 6.45) is 4.30. The third-order valence-electron chi connectivity index (χ3n) is 3.79. The molecule has 0 radical (unpaired) electrons. The number of aliphatic hydroxyl groups excluding tert-OH is 2. The molecule has 1 aromatic carbocycles. The summed E-state index contributed by atoms with van der Waals surface area (Å²) in [5.41, 5.74) is 1.30. The lowest BCUT2D eigenvalue weighted by Gasteiger charge is -2.28. The Balaban J connectivity index is 2.19. The van der Waals surface area contributed by atoms with Crippen LogP contribution in [0.5, 0.6) is 0 Å². The Kier molecular flexibility index (Phi) is 5.79. The molecule has 1 saturated carbocycles. The van der Waals surface area contributed by atoms with Crippen LogP contribution in [-0.2, 0) is 0 Å². The molecule has 1 aromatic rings. The standard InChI is InChI=1S/C17H21NO3/c19-11-4-6-14-5-3-7-15(13-14)17(21)18(10-12-20)16-8-1-2-9-16/h3,5,7,13,16,19-20H,1-2,8-12H2. The highest BCUT2D eigenvalue weighted by atomic mass is 16.3. The molecule has 1 aliphatic carbocycles. The maximum Gasteiger partial charge on any atom is 0.254 e. The third kappa shape index (κ3) is 4.07. The Morgan fingerprint density at radius 2 is 2.05 bits per heavy atom. The molecular weight excluding hydrogens is 266 g/mol. The van der Waals surface area contributed by atoms with Crippen LogP contribution in [0.3, 0.4) is 0 Å². The van der Waals surface area contributed by atoms with E-state index >= 15 is 0 Å². The molecule has 1 amide bonds. The predicted octanol–water partition coefficient (Wildman–Crippen LogP) is 1.41. The predicted molar refractivity (Wildman–Crippen MR) is 80.8 cm³/mol. The van der Waals surface area contributed by atoms with Crippen molar-refractivity contribution in [1.82, 2.24) is 4.90 Å². The molecule has 1 aliphatic rings. The minimum atomic E-state index is -0.198. The number of aliphatic hydroxyl groups is 2. The Labute approximate surface area is 125 Å². The zero-order valence-electron chi connectivity index (χ0n) is 12.1. The highest BCUT2D eigenvalue weighted by Crippen LogP contribution is 2.24. The molecule has 4 heteroatoms. The van der Waals surface area contributed by atoms with Gasteiger partial charge in [0.2, 0.25) is 0 Å². The summed E-state index contributed by atoms with van der Waals surface area (Å²) in [6, 6.07) is 7.35. The van der Waals surface area contributed by atoms with Crippen molar-refractivity contribution in [2.75, 3.05) is 19.8 Å². The first-order valence-corrected chi connectivity index (χ1v) is 7.38. The Hall–Kier alpha value is -1.83. The van der Waals surface area contributed by atoms with E-state index in [0.29, 0.717) is 17.7 Å². The van der Waals surface area contributed by atoms with Crippen LogP contribution in [-0.4, -0.2) is 46.8 Å². The van der Waals surface area contributed by atoms with E-state index in [1.54, 1.807) is 23.1 Å². The molecule has 2 N–H and O–H groups in total. The zero-order chi connectivity index (χ0) is 15.1. The first-order valence-electron chi connectivity index (χ1n) is 7.38. The van der Waals surface area contributed by atoms with Gasteiger partial charge in [0, 0.05) is 23.7 Å². The summed E-state index contributed by atoms with van der Waals surface area (Å²) in [5.74, 6) is 5.34. The van der Waals surface area contributed by atoms with Crippen molar-refractivity contribution in [2.24, 2.45) is 0 Å². The maximum atomic E-state index is 12.7. The molecule has 0 saturated heterocycles. The summed E-state index contributed by atoms with van der Waals surface area (Å²) in [4.78, 5) is 14.4. The van der Waals surface area contributed by atoms with E-state index < -0.39 is 0 Å². The summed E-state index contributed by atoms with van der Waals surface area (Å²) in [6.45, 7) is 0.152. The first-order chi connectivity index (χ1) is 10.3. The van der Waals surface area contributed by atoms with Gasteiger partial charge in [-0.15, -0.1) is 0 Å². The number of benzene rings is 1. The fourth-order valence-corrected chi connectivity index (χ4v) is 2.81. The number of carbonyl (C=O) groups is 1. The van der Waals surface area contributed by atoms with E-state index in [9.17, 15) is 9.90 Å². The summed E-state index contributed by atoms with van der Waals surface area (Å²) in [5, 5.41) is 18.0. The molecule has 0 atom stereocenters. The largest absolute Gasteiger partial charge is 0.395 e. The molecule has 21 heavy (non-hydrogen) atoms. The van der Waals surface area contributed by atoms with Gasteiger partial charge in [-0.1, -0.05) is 30.7 Å². The van der Waals surface area contributed by atoms with Crippen LogP contribution < -0.4 is 0 Å². The lowest BCUT2D eigenvalue weighted by atomic mass is 10.1. The fraction of sp³-hybridized carbons (Fsp3) is 0.471. The lowest BCUT2D eigenvalue weighted by Crippen LogP contribution is -2.40. The van der Waals surface area contributed by atoms with Gasteiger partial charge in [0.1, 0.15) is 6.61 Å². The quantitative estimate of drug-likeness (QED) is 0.823. The highest BCUT2D eigenvalue weighted by Gasteiger charge is 2.26. The normalized spacial score (nSPS) is 14.6. The third-order valence-corrected chi connectivity index (χ3v) is 3.79. The number of nitrogens with zero attached hydrogens (tertiary/aromatic N) is 1. The molecule has 0 bridgehead atoms. The van der Waals surface area contributed by atoms with Crippen LogP contribution in [0.15, 0.2) is 24.3 Å². The van der Waals surface area contributed by atoms with Gasteiger partial charge in [-0.05, 0) is 31.0 Å². The van der Waals surface area contributed by atoms with Crippen LogP contribution >= 0.6 is 0 Å². The average Bonchev–Trinajstić information content (AvgIpc) is 3.04. The van der Waals surface area contributed by atoms with Gasteiger partial charge < -0.3 is 15.1 Å². The number of rotatable bonds is 4. The second-order valence-corrected chi connectivity index (χ2v) is 5.20. The van der Waals surface area contributed by atoms with Crippen LogP contribution in [0, 0.1) is 11.8 Å². The van der Waals surface area contributed by atoms with Crippen molar-refractivity contribution in [3.63, 3.8) is 0 Å². The molecule has 0 aliphatic heterocycles. The molecule has 112 valence electrons. The van der Waals surface area contributed by atoms with E-state index in [-0.39, 0.29) is 25.2 Å². The molecule has 4 nitrogen and oxygen atoms in total. The molecule has 1 fully saturated rings. The lowest BCUT2D eigenvalue weighted by molar-refractivity contribution is 0.0638. The van der Waals surface area contributed by atoms with Gasteiger partial charge in [-0.2, -0.15) is 0 Å². The van der Waals surface area contributed by atoms with Gasteiger partial charge in [-0.3, -0.25) is 4.79 Å². The van der Waals surface area contributed by atoms with Crippen LogP contribution in [0.1, 0.15) is 41.6 Å².